The van der Waals surface area contributed by atoms with Crippen LogP contribution in [-0.2, 0) is 6.42 Å². The highest BCUT2D eigenvalue weighted by Gasteiger charge is 2.24. The highest BCUT2D eigenvalue weighted by atomic mass is 16.5. The van der Waals surface area contributed by atoms with E-state index < -0.39 is 0 Å². The highest BCUT2D eigenvalue weighted by Crippen LogP contribution is 2.36. The van der Waals surface area contributed by atoms with Gasteiger partial charge in [-0.2, -0.15) is 0 Å². The molecule has 0 amide bonds. The van der Waals surface area contributed by atoms with Crippen LogP contribution in [-0.4, -0.2) is 6.61 Å². The Bertz CT molecular complexity index is 333. The van der Waals surface area contributed by atoms with Crippen LogP contribution >= 0.6 is 0 Å². The smallest absolute Gasteiger partial charge is 0.127 e. The van der Waals surface area contributed by atoms with Gasteiger partial charge in [-0.25, -0.2) is 0 Å². The number of rotatable bonds is 1. The molecule has 2 N–H and O–H groups in total. The first-order valence-electron chi connectivity index (χ1n) is 4.74. The van der Waals surface area contributed by atoms with E-state index in [1.165, 1.54) is 16.7 Å². The molecular formula is C11H15NO. The lowest BCUT2D eigenvalue weighted by Gasteiger charge is -2.09. The Balaban J connectivity index is 2.60. The van der Waals surface area contributed by atoms with Crippen LogP contribution in [0.15, 0.2) is 12.1 Å². The number of fused-ring (bicyclic) bond motifs is 1. The molecule has 13 heavy (non-hydrogen) atoms. The van der Waals surface area contributed by atoms with Gasteiger partial charge in [0.25, 0.3) is 0 Å². The minimum atomic E-state index is 0.0739. The second-order valence-electron chi connectivity index (χ2n) is 3.56. The lowest BCUT2D eigenvalue weighted by atomic mass is 9.98. The highest BCUT2D eigenvalue weighted by molar-refractivity contribution is 5.50. The first-order chi connectivity index (χ1) is 6.24. The summed E-state index contributed by atoms with van der Waals surface area (Å²) >= 11 is 0. The molecule has 0 fully saturated rings. The summed E-state index contributed by atoms with van der Waals surface area (Å²) in [7, 11) is 0. The van der Waals surface area contributed by atoms with Gasteiger partial charge in [-0.05, 0) is 24.5 Å². The average Bonchev–Trinajstić information content (AvgIpc) is 2.51. The molecule has 0 aliphatic carbocycles. The molecule has 1 heterocycles. The fourth-order valence-electron chi connectivity index (χ4n) is 1.91. The predicted molar refractivity (Wildman–Crippen MR) is 53.0 cm³/mol. The normalized spacial score (nSPS) is 19.8. The third-order valence-corrected chi connectivity index (χ3v) is 2.64. The second-order valence-corrected chi connectivity index (χ2v) is 3.56. The topological polar surface area (TPSA) is 35.2 Å². The van der Waals surface area contributed by atoms with Gasteiger partial charge in [0.05, 0.1) is 6.04 Å². The summed E-state index contributed by atoms with van der Waals surface area (Å²) in [5.74, 6) is 1.02. The van der Waals surface area contributed by atoms with Crippen LogP contribution in [0.3, 0.4) is 0 Å². The Hall–Kier alpha value is -1.02. The van der Waals surface area contributed by atoms with Crippen molar-refractivity contribution in [2.75, 3.05) is 6.61 Å². The van der Waals surface area contributed by atoms with Crippen LogP contribution in [0.2, 0.25) is 0 Å². The number of benzene rings is 1. The van der Waals surface area contributed by atoms with Crippen molar-refractivity contribution < 1.29 is 4.74 Å². The summed E-state index contributed by atoms with van der Waals surface area (Å²) in [6.07, 6.45) is 1.03. The Kier molecular flexibility index (Phi) is 2.00. The van der Waals surface area contributed by atoms with Crippen molar-refractivity contribution in [3.05, 3.63) is 28.8 Å². The number of hydrogen-bond acceptors (Lipinski definition) is 2. The van der Waals surface area contributed by atoms with Gasteiger partial charge in [-0.1, -0.05) is 19.1 Å². The molecule has 2 nitrogen and oxygen atoms in total. The molecule has 1 aromatic rings. The zero-order chi connectivity index (χ0) is 9.42. The quantitative estimate of drug-likeness (QED) is 0.711. The van der Waals surface area contributed by atoms with Gasteiger partial charge in [0.2, 0.25) is 0 Å². The lowest BCUT2D eigenvalue weighted by Crippen LogP contribution is -2.12. The van der Waals surface area contributed by atoms with Gasteiger partial charge < -0.3 is 10.5 Å². The van der Waals surface area contributed by atoms with E-state index in [2.05, 4.69) is 26.0 Å². The molecule has 1 aromatic carbocycles. The van der Waals surface area contributed by atoms with Crippen molar-refractivity contribution in [3.63, 3.8) is 0 Å². The molecule has 0 radical (unpaired) electrons. The first kappa shape index (κ1) is 8.57. The van der Waals surface area contributed by atoms with Crippen molar-refractivity contribution in [3.8, 4) is 5.75 Å². The summed E-state index contributed by atoms with van der Waals surface area (Å²) in [4.78, 5) is 0. The van der Waals surface area contributed by atoms with E-state index in [0.717, 1.165) is 12.2 Å². The average molecular weight is 177 g/mol. The Labute approximate surface area is 78.7 Å². The molecule has 0 bridgehead atoms. The maximum absolute atomic E-state index is 5.97. The van der Waals surface area contributed by atoms with Crippen molar-refractivity contribution in [2.45, 2.75) is 26.3 Å². The van der Waals surface area contributed by atoms with E-state index in [1.807, 2.05) is 0 Å². The number of aryl methyl sites for hydroxylation is 2. The molecule has 70 valence electrons. The Morgan fingerprint density at radius 2 is 2.31 bits per heavy atom. The molecule has 1 aliphatic rings. The first-order valence-corrected chi connectivity index (χ1v) is 4.74. The Morgan fingerprint density at radius 3 is 3.00 bits per heavy atom. The van der Waals surface area contributed by atoms with Crippen molar-refractivity contribution in [1.82, 2.24) is 0 Å². The van der Waals surface area contributed by atoms with E-state index in [0.29, 0.717) is 6.61 Å². The van der Waals surface area contributed by atoms with Gasteiger partial charge in [-0.15, -0.1) is 0 Å². The summed E-state index contributed by atoms with van der Waals surface area (Å²) < 4.78 is 5.56. The molecule has 1 atom stereocenters. The molecule has 0 spiro atoms. The monoisotopic (exact) mass is 177 g/mol. The number of nitrogens with two attached hydrogens (primary N) is 1. The summed E-state index contributed by atoms with van der Waals surface area (Å²) in [5, 5.41) is 0. The standard InChI is InChI=1S/C11H15NO/c1-3-8-5-4-7(2)11-10(8)9(12)6-13-11/h4-5,9H,3,6,12H2,1-2H3/t9-/m0/s1. The van der Waals surface area contributed by atoms with Crippen molar-refractivity contribution in [2.24, 2.45) is 5.73 Å². The van der Waals surface area contributed by atoms with Crippen LogP contribution < -0.4 is 10.5 Å². The zero-order valence-electron chi connectivity index (χ0n) is 8.13. The summed E-state index contributed by atoms with van der Waals surface area (Å²) in [6.45, 7) is 4.85. The van der Waals surface area contributed by atoms with E-state index >= 15 is 0 Å². The van der Waals surface area contributed by atoms with Gasteiger partial charge in [0.1, 0.15) is 12.4 Å². The molecule has 2 heteroatoms. The fourth-order valence-corrected chi connectivity index (χ4v) is 1.91. The van der Waals surface area contributed by atoms with Crippen LogP contribution in [0.1, 0.15) is 29.7 Å². The maximum atomic E-state index is 5.97. The van der Waals surface area contributed by atoms with Crippen molar-refractivity contribution in [1.29, 1.82) is 0 Å². The van der Waals surface area contributed by atoms with Crippen LogP contribution in [0, 0.1) is 6.92 Å². The lowest BCUT2D eigenvalue weighted by molar-refractivity contribution is 0.331. The van der Waals surface area contributed by atoms with Gasteiger partial charge >= 0.3 is 0 Å². The Morgan fingerprint density at radius 1 is 1.54 bits per heavy atom. The fraction of sp³-hybridized carbons (Fsp3) is 0.455. The van der Waals surface area contributed by atoms with Crippen molar-refractivity contribution >= 4 is 0 Å². The van der Waals surface area contributed by atoms with Crippen LogP contribution in [0.5, 0.6) is 5.75 Å². The van der Waals surface area contributed by atoms with Crippen LogP contribution in [0.25, 0.3) is 0 Å². The van der Waals surface area contributed by atoms with E-state index in [1.54, 1.807) is 0 Å². The molecule has 0 aromatic heterocycles. The molecule has 0 saturated carbocycles. The zero-order valence-corrected chi connectivity index (χ0v) is 8.13. The second kappa shape index (κ2) is 3.04. The number of hydrogen-bond donors (Lipinski definition) is 1. The minimum Gasteiger partial charge on any atom is -0.491 e. The van der Waals surface area contributed by atoms with Gasteiger partial charge in [-0.3, -0.25) is 0 Å². The van der Waals surface area contributed by atoms with Gasteiger partial charge in [0, 0.05) is 5.56 Å². The summed E-state index contributed by atoms with van der Waals surface area (Å²) in [5.41, 5.74) is 9.71. The van der Waals surface area contributed by atoms with Crippen LogP contribution in [0.4, 0.5) is 0 Å². The van der Waals surface area contributed by atoms with E-state index in [-0.39, 0.29) is 6.04 Å². The molecule has 0 saturated heterocycles. The van der Waals surface area contributed by atoms with Gasteiger partial charge in [0.15, 0.2) is 0 Å². The third-order valence-electron chi connectivity index (χ3n) is 2.64. The number of ether oxygens (including phenoxy) is 1. The maximum Gasteiger partial charge on any atom is 0.127 e. The molecule has 1 aliphatic heterocycles. The third kappa shape index (κ3) is 1.22. The predicted octanol–water partition coefficient (Wildman–Crippen LogP) is 1.95. The molecule has 2 rings (SSSR count). The van der Waals surface area contributed by atoms with E-state index in [9.17, 15) is 0 Å². The molecule has 0 unspecified atom stereocenters. The van der Waals surface area contributed by atoms with E-state index in [4.69, 9.17) is 10.5 Å². The summed E-state index contributed by atoms with van der Waals surface area (Å²) in [6, 6.07) is 4.34. The SMILES string of the molecule is CCc1ccc(C)c2c1[C@@H](N)CO2. The minimum absolute atomic E-state index is 0.0739. The largest absolute Gasteiger partial charge is 0.491 e. The molecular weight excluding hydrogens is 162 g/mol.